The summed E-state index contributed by atoms with van der Waals surface area (Å²) in [6.07, 6.45) is 3.98. The molecule has 0 saturated heterocycles. The lowest BCUT2D eigenvalue weighted by Gasteiger charge is -2.29. The van der Waals surface area contributed by atoms with E-state index in [9.17, 15) is 9.90 Å². The monoisotopic (exact) mass is 398 g/mol. The molecule has 3 rings (SSSR count). The van der Waals surface area contributed by atoms with Crippen molar-refractivity contribution in [2.24, 2.45) is 0 Å². The maximum atomic E-state index is 12.6. The summed E-state index contributed by atoms with van der Waals surface area (Å²) in [5, 5.41) is 10.8. The zero-order chi connectivity index (χ0) is 21.2. The fourth-order valence-corrected chi connectivity index (χ4v) is 3.44. The van der Waals surface area contributed by atoms with E-state index in [4.69, 9.17) is 18.9 Å². The van der Waals surface area contributed by atoms with Gasteiger partial charge in [-0.3, -0.25) is 4.79 Å². The van der Waals surface area contributed by atoms with Crippen LogP contribution in [-0.4, -0.2) is 38.0 Å². The number of benzene rings is 2. The molecule has 0 aliphatic carbocycles. The molecule has 0 fully saturated rings. The molecule has 0 saturated carbocycles. The van der Waals surface area contributed by atoms with Crippen molar-refractivity contribution < 1.29 is 28.8 Å². The van der Waals surface area contributed by atoms with E-state index >= 15 is 0 Å². The Hall–Kier alpha value is -3.15. The molecule has 154 valence electrons. The Labute approximate surface area is 170 Å². The summed E-state index contributed by atoms with van der Waals surface area (Å²) in [4.78, 5) is 12.6. The summed E-state index contributed by atoms with van der Waals surface area (Å²) in [5.74, 6) is 0.761. The van der Waals surface area contributed by atoms with Crippen molar-refractivity contribution in [1.82, 2.24) is 0 Å². The van der Waals surface area contributed by atoms with Gasteiger partial charge in [-0.15, -0.1) is 0 Å². The lowest BCUT2D eigenvalue weighted by molar-refractivity contribution is -0.142. The van der Waals surface area contributed by atoms with Gasteiger partial charge in [-0.05, 0) is 50.1 Å². The number of phenols is 1. The van der Waals surface area contributed by atoms with Crippen molar-refractivity contribution in [3.05, 3.63) is 53.1 Å². The summed E-state index contributed by atoms with van der Waals surface area (Å²) in [5.41, 5.74) is 1.44. The van der Waals surface area contributed by atoms with E-state index in [-0.39, 0.29) is 12.2 Å². The smallest absolute Gasteiger partial charge is 0.313 e. The second kappa shape index (κ2) is 8.07. The van der Waals surface area contributed by atoms with Crippen molar-refractivity contribution >= 4 is 12.0 Å². The summed E-state index contributed by atoms with van der Waals surface area (Å²) >= 11 is 0. The fourth-order valence-electron chi connectivity index (χ4n) is 3.44. The van der Waals surface area contributed by atoms with Crippen LogP contribution in [0.5, 0.6) is 23.0 Å². The van der Waals surface area contributed by atoms with Crippen LogP contribution in [0.25, 0.3) is 6.08 Å². The van der Waals surface area contributed by atoms with Crippen molar-refractivity contribution in [3.8, 4) is 23.0 Å². The van der Waals surface area contributed by atoms with Crippen molar-refractivity contribution in [1.29, 1.82) is 0 Å². The normalized spacial score (nSPS) is 15.1. The van der Waals surface area contributed by atoms with E-state index in [2.05, 4.69) is 0 Å². The van der Waals surface area contributed by atoms with E-state index in [1.807, 2.05) is 32.1 Å². The third-order valence-corrected chi connectivity index (χ3v) is 5.01. The average molecular weight is 398 g/mol. The van der Waals surface area contributed by atoms with Gasteiger partial charge in [0.2, 0.25) is 0 Å². The van der Waals surface area contributed by atoms with Crippen LogP contribution >= 0.6 is 0 Å². The molecule has 1 atom stereocenters. The average Bonchev–Trinajstić information content (AvgIpc) is 2.71. The van der Waals surface area contributed by atoms with E-state index in [1.165, 1.54) is 14.2 Å². The third-order valence-electron chi connectivity index (χ3n) is 5.01. The van der Waals surface area contributed by atoms with Gasteiger partial charge in [0.1, 0.15) is 28.6 Å². The molecular formula is C23H26O6. The fraction of sp³-hybridized carbons (Fsp3) is 0.348. The molecule has 0 bridgehead atoms. The van der Waals surface area contributed by atoms with Crippen LogP contribution < -0.4 is 14.2 Å². The largest absolute Gasteiger partial charge is 0.507 e. The number of rotatable bonds is 6. The number of methoxy groups -OCH3 is 3. The molecule has 1 aliphatic rings. The molecule has 1 heterocycles. The zero-order valence-electron chi connectivity index (χ0n) is 17.3. The molecule has 29 heavy (non-hydrogen) atoms. The molecule has 1 aliphatic heterocycles. The Balaban J connectivity index is 2.00. The van der Waals surface area contributed by atoms with Crippen LogP contribution in [0.1, 0.15) is 36.5 Å². The quantitative estimate of drug-likeness (QED) is 0.739. The number of carbonyl (C=O) groups excluding carboxylic acids is 1. The molecule has 2 aromatic carbocycles. The van der Waals surface area contributed by atoms with Crippen molar-refractivity contribution in [2.45, 2.75) is 31.8 Å². The summed E-state index contributed by atoms with van der Waals surface area (Å²) in [6, 6.07) is 8.85. The lowest BCUT2D eigenvalue weighted by atomic mass is 9.89. The second-order valence-electron chi connectivity index (χ2n) is 7.41. The lowest BCUT2D eigenvalue weighted by Crippen LogP contribution is -2.27. The predicted octanol–water partition coefficient (Wildman–Crippen LogP) is 4.09. The highest BCUT2D eigenvalue weighted by molar-refractivity contribution is 5.80. The topological polar surface area (TPSA) is 74.2 Å². The number of hydrogen-bond acceptors (Lipinski definition) is 6. The molecule has 6 nitrogen and oxygen atoms in total. The van der Waals surface area contributed by atoms with E-state index in [1.54, 1.807) is 31.4 Å². The Kier molecular flexibility index (Phi) is 5.73. The molecule has 1 N–H and O–H groups in total. The molecule has 0 spiro atoms. The highest BCUT2D eigenvalue weighted by Gasteiger charge is 2.29. The van der Waals surface area contributed by atoms with E-state index in [0.29, 0.717) is 33.9 Å². The Bertz CT molecular complexity index is 945. The molecule has 0 amide bonds. The standard InChI is InChI=1S/C23H26O6/c1-23(2)11-10-17-19(29-23)9-6-14(21(17)24)12-18(22(25)28-5)16-8-7-15(26-3)13-20(16)27-4/h6-11,13,18,24H,12H2,1-5H3. The van der Waals surface area contributed by atoms with Gasteiger partial charge >= 0.3 is 5.97 Å². The number of hydrogen-bond donors (Lipinski definition) is 1. The number of phenolic OH excluding ortho intramolecular Hbond substituents is 1. The van der Waals surface area contributed by atoms with Gasteiger partial charge in [-0.2, -0.15) is 0 Å². The van der Waals surface area contributed by atoms with Crippen molar-refractivity contribution in [3.63, 3.8) is 0 Å². The first-order valence-corrected chi connectivity index (χ1v) is 9.32. The Morgan fingerprint density at radius 2 is 1.90 bits per heavy atom. The Morgan fingerprint density at radius 1 is 1.14 bits per heavy atom. The van der Waals surface area contributed by atoms with Gasteiger partial charge in [0, 0.05) is 11.6 Å². The van der Waals surface area contributed by atoms with E-state index in [0.717, 1.165) is 0 Å². The maximum absolute atomic E-state index is 12.6. The first kappa shape index (κ1) is 20.6. The summed E-state index contributed by atoms with van der Waals surface area (Å²) in [7, 11) is 4.44. The van der Waals surface area contributed by atoms with Gasteiger partial charge < -0.3 is 24.1 Å². The van der Waals surface area contributed by atoms with Crippen LogP contribution in [0.3, 0.4) is 0 Å². The molecular weight excluding hydrogens is 372 g/mol. The molecule has 1 unspecified atom stereocenters. The second-order valence-corrected chi connectivity index (χ2v) is 7.41. The van der Waals surface area contributed by atoms with Crippen LogP contribution in [0.2, 0.25) is 0 Å². The van der Waals surface area contributed by atoms with Gasteiger partial charge in [0.05, 0.1) is 32.8 Å². The first-order chi connectivity index (χ1) is 13.8. The highest BCUT2D eigenvalue weighted by Crippen LogP contribution is 2.41. The molecule has 0 aromatic heterocycles. The van der Waals surface area contributed by atoms with Crippen LogP contribution in [0.4, 0.5) is 0 Å². The molecule has 6 heteroatoms. The number of fused-ring (bicyclic) bond motifs is 1. The maximum Gasteiger partial charge on any atom is 0.313 e. The van der Waals surface area contributed by atoms with Crippen molar-refractivity contribution in [2.75, 3.05) is 21.3 Å². The summed E-state index contributed by atoms with van der Waals surface area (Å²) in [6.45, 7) is 3.89. The summed E-state index contributed by atoms with van der Waals surface area (Å²) < 4.78 is 21.6. The minimum absolute atomic E-state index is 0.0932. The van der Waals surface area contributed by atoms with Gasteiger partial charge in [0.15, 0.2) is 0 Å². The number of esters is 1. The first-order valence-electron chi connectivity index (χ1n) is 9.32. The van der Waals surface area contributed by atoms with Gasteiger partial charge in [-0.25, -0.2) is 0 Å². The SMILES string of the molecule is COC(=O)C(Cc1ccc2c(c1O)C=CC(C)(C)O2)c1ccc(OC)cc1OC. The Morgan fingerprint density at radius 3 is 2.55 bits per heavy atom. The number of carbonyl (C=O) groups is 1. The molecule has 2 aromatic rings. The highest BCUT2D eigenvalue weighted by atomic mass is 16.5. The minimum Gasteiger partial charge on any atom is -0.507 e. The number of aromatic hydroxyl groups is 1. The predicted molar refractivity (Wildman–Crippen MR) is 110 cm³/mol. The number of ether oxygens (including phenoxy) is 4. The minimum atomic E-state index is -0.658. The zero-order valence-corrected chi connectivity index (χ0v) is 17.3. The van der Waals surface area contributed by atoms with Crippen LogP contribution in [0, 0.1) is 0 Å². The van der Waals surface area contributed by atoms with Gasteiger partial charge in [0.25, 0.3) is 0 Å². The van der Waals surface area contributed by atoms with Crippen LogP contribution in [-0.2, 0) is 16.0 Å². The van der Waals surface area contributed by atoms with E-state index < -0.39 is 17.5 Å². The third kappa shape index (κ3) is 4.16. The van der Waals surface area contributed by atoms with Gasteiger partial charge in [-0.1, -0.05) is 12.1 Å². The molecule has 0 radical (unpaired) electrons. The van der Waals surface area contributed by atoms with Crippen LogP contribution in [0.15, 0.2) is 36.4 Å².